The third kappa shape index (κ3) is 4.77. The number of ketones is 1. The Kier molecular flexibility index (Phi) is 7.05. The number of carbonyl (C=O) groups is 2. The number of rotatable bonds is 7. The summed E-state index contributed by atoms with van der Waals surface area (Å²) in [6.45, 7) is 6.55. The summed E-state index contributed by atoms with van der Waals surface area (Å²) >= 11 is 0. The van der Waals surface area contributed by atoms with Crippen LogP contribution >= 0.6 is 0 Å². The number of Topliss-reactive ketones (excluding diaryl/α,β-unsaturated/α-hetero) is 1. The second-order valence-corrected chi connectivity index (χ2v) is 8.42. The Morgan fingerprint density at radius 3 is 2.61 bits per heavy atom. The molecule has 0 saturated carbocycles. The lowest BCUT2D eigenvalue weighted by molar-refractivity contribution is -0.908. The number of nitrogens with zero attached hydrogens (tertiary/aromatic N) is 2. The fraction of sp³-hybridized carbons (Fsp3) is 0.400. The average molecular weight is 453 g/mol. The topological polar surface area (TPSA) is 93.4 Å². The molecular weight excluding hydrogens is 422 g/mol. The normalized spacial score (nSPS) is 20.9. The molecular formula is C25H30N3O5+. The molecule has 2 N–H and O–H groups in total. The van der Waals surface area contributed by atoms with Gasteiger partial charge in [0.1, 0.15) is 24.6 Å². The molecule has 8 heteroatoms. The predicted octanol–water partition coefficient (Wildman–Crippen LogP) is 1.13. The number of morpholine rings is 1. The molecule has 3 heterocycles. The van der Waals surface area contributed by atoms with E-state index >= 15 is 0 Å². The zero-order valence-corrected chi connectivity index (χ0v) is 19.0. The van der Waals surface area contributed by atoms with Crippen molar-refractivity contribution in [3.8, 4) is 5.75 Å². The maximum atomic E-state index is 13.1. The fourth-order valence-corrected chi connectivity index (χ4v) is 4.59. The van der Waals surface area contributed by atoms with Crippen LogP contribution in [0, 0.1) is 6.92 Å². The van der Waals surface area contributed by atoms with Crippen LogP contribution in [0.3, 0.4) is 0 Å². The van der Waals surface area contributed by atoms with Crippen molar-refractivity contribution >= 4 is 17.4 Å². The molecule has 1 aromatic carbocycles. The van der Waals surface area contributed by atoms with Gasteiger partial charge in [-0.1, -0.05) is 0 Å². The minimum atomic E-state index is -0.664. The van der Waals surface area contributed by atoms with Crippen LogP contribution in [-0.4, -0.2) is 73.2 Å². The first kappa shape index (κ1) is 22.9. The molecule has 0 spiro atoms. The summed E-state index contributed by atoms with van der Waals surface area (Å²) in [7, 11) is 1.57. The van der Waals surface area contributed by atoms with Crippen molar-refractivity contribution < 1.29 is 29.1 Å². The Labute approximate surface area is 193 Å². The van der Waals surface area contributed by atoms with E-state index in [9.17, 15) is 14.7 Å². The number of aliphatic hydroxyl groups excluding tert-OH is 1. The van der Waals surface area contributed by atoms with Gasteiger partial charge >= 0.3 is 0 Å². The number of aromatic nitrogens is 1. The number of amides is 1. The number of aryl methyl sites for hydroxylation is 1. The summed E-state index contributed by atoms with van der Waals surface area (Å²) in [5, 5.41) is 11.2. The largest absolute Gasteiger partial charge is 0.507 e. The van der Waals surface area contributed by atoms with Crippen molar-refractivity contribution in [3.63, 3.8) is 0 Å². The fourth-order valence-electron chi connectivity index (χ4n) is 4.59. The SMILES string of the molecule is COc1ccc(C(O)=C2C(=O)C(=O)N(CCC[NH+]3CCOCC3)C2c2ccncc2)c(C)c1. The van der Waals surface area contributed by atoms with Crippen LogP contribution in [0.25, 0.3) is 5.76 Å². The molecule has 0 aliphatic carbocycles. The van der Waals surface area contributed by atoms with Gasteiger partial charge < -0.3 is 24.4 Å². The molecule has 0 bridgehead atoms. The number of ether oxygens (including phenoxy) is 2. The van der Waals surface area contributed by atoms with E-state index < -0.39 is 17.7 Å². The Morgan fingerprint density at radius 1 is 1.21 bits per heavy atom. The molecule has 1 atom stereocenters. The lowest BCUT2D eigenvalue weighted by atomic mass is 9.94. The standard InChI is InChI=1S/C25H29N3O5/c1-17-16-19(32-2)4-5-20(17)23(29)21-22(18-6-8-26-9-7-18)28(25(31)24(21)30)11-3-10-27-12-14-33-15-13-27/h4-9,16,22,29H,3,10-15H2,1-2H3/p+1. The molecule has 2 aliphatic heterocycles. The first-order valence-corrected chi connectivity index (χ1v) is 11.3. The zero-order chi connectivity index (χ0) is 23.4. The second kappa shape index (κ2) is 10.1. The van der Waals surface area contributed by atoms with Crippen LogP contribution in [0.2, 0.25) is 0 Å². The van der Waals surface area contributed by atoms with Crippen LogP contribution in [0.5, 0.6) is 5.75 Å². The van der Waals surface area contributed by atoms with Gasteiger partial charge in [0.25, 0.3) is 11.7 Å². The van der Waals surface area contributed by atoms with Crippen LogP contribution in [0.1, 0.15) is 29.2 Å². The van der Waals surface area contributed by atoms with Crippen molar-refractivity contribution in [2.75, 3.05) is 46.5 Å². The van der Waals surface area contributed by atoms with E-state index in [1.807, 2.05) is 6.92 Å². The van der Waals surface area contributed by atoms with Crippen molar-refractivity contribution in [3.05, 3.63) is 65.0 Å². The van der Waals surface area contributed by atoms with E-state index in [2.05, 4.69) is 4.98 Å². The van der Waals surface area contributed by atoms with Crippen molar-refractivity contribution in [1.82, 2.24) is 9.88 Å². The summed E-state index contributed by atoms with van der Waals surface area (Å²) in [5.74, 6) is -0.762. The number of pyridine rings is 1. The van der Waals surface area contributed by atoms with Gasteiger partial charge in [-0.05, 0) is 48.4 Å². The number of aliphatic hydroxyl groups is 1. The number of carbonyl (C=O) groups excluding carboxylic acids is 2. The summed E-state index contributed by atoms with van der Waals surface area (Å²) in [6.07, 6.45) is 4.02. The van der Waals surface area contributed by atoms with E-state index in [1.54, 1.807) is 54.7 Å². The Bertz CT molecular complexity index is 1050. The quantitative estimate of drug-likeness (QED) is 0.372. The minimum absolute atomic E-state index is 0.109. The van der Waals surface area contributed by atoms with Crippen LogP contribution in [0.15, 0.2) is 48.3 Å². The number of hydrogen-bond acceptors (Lipinski definition) is 6. The number of benzene rings is 1. The number of hydrogen-bond donors (Lipinski definition) is 2. The van der Waals surface area contributed by atoms with Gasteiger partial charge in [-0.2, -0.15) is 0 Å². The molecule has 4 rings (SSSR count). The summed E-state index contributed by atoms with van der Waals surface area (Å²) in [6, 6.07) is 8.13. The van der Waals surface area contributed by atoms with Gasteiger partial charge in [-0.3, -0.25) is 14.6 Å². The minimum Gasteiger partial charge on any atom is -0.507 e. The highest BCUT2D eigenvalue weighted by Crippen LogP contribution is 2.40. The van der Waals surface area contributed by atoms with E-state index in [0.717, 1.165) is 50.4 Å². The number of quaternary nitrogens is 1. The van der Waals surface area contributed by atoms with Gasteiger partial charge in [-0.25, -0.2) is 0 Å². The Hall–Kier alpha value is -3.23. The monoisotopic (exact) mass is 452 g/mol. The third-order valence-electron chi connectivity index (χ3n) is 6.38. The maximum absolute atomic E-state index is 13.1. The second-order valence-electron chi connectivity index (χ2n) is 8.42. The van der Waals surface area contributed by atoms with Crippen molar-refractivity contribution in [2.24, 2.45) is 0 Å². The molecule has 0 radical (unpaired) electrons. The Morgan fingerprint density at radius 2 is 1.94 bits per heavy atom. The molecule has 1 amide bonds. The summed E-state index contributed by atoms with van der Waals surface area (Å²) < 4.78 is 10.7. The molecule has 2 saturated heterocycles. The predicted molar refractivity (Wildman–Crippen MR) is 122 cm³/mol. The van der Waals surface area contributed by atoms with Gasteiger partial charge in [0.2, 0.25) is 0 Å². The Balaban J connectivity index is 1.67. The smallest absolute Gasteiger partial charge is 0.295 e. The number of nitrogens with one attached hydrogen (secondary N) is 1. The van der Waals surface area contributed by atoms with E-state index in [1.165, 1.54) is 4.90 Å². The van der Waals surface area contributed by atoms with Gasteiger partial charge in [-0.15, -0.1) is 0 Å². The number of likely N-dealkylation sites (tertiary alicyclic amines) is 1. The van der Waals surface area contributed by atoms with Crippen molar-refractivity contribution in [1.29, 1.82) is 0 Å². The number of methoxy groups -OCH3 is 1. The molecule has 1 aromatic heterocycles. The third-order valence-corrected chi connectivity index (χ3v) is 6.38. The molecule has 2 aliphatic rings. The molecule has 2 fully saturated rings. The maximum Gasteiger partial charge on any atom is 0.295 e. The van der Waals surface area contributed by atoms with Gasteiger partial charge in [0.15, 0.2) is 0 Å². The van der Waals surface area contributed by atoms with Crippen LogP contribution < -0.4 is 9.64 Å². The van der Waals surface area contributed by atoms with Crippen LogP contribution in [-0.2, 0) is 14.3 Å². The highest BCUT2D eigenvalue weighted by molar-refractivity contribution is 6.46. The molecule has 1 unspecified atom stereocenters. The molecule has 33 heavy (non-hydrogen) atoms. The first-order chi connectivity index (χ1) is 16.0. The average Bonchev–Trinajstić information content (AvgIpc) is 3.10. The lowest BCUT2D eigenvalue weighted by Crippen LogP contribution is -3.14. The van der Waals surface area contributed by atoms with Gasteiger partial charge in [0.05, 0.1) is 38.5 Å². The van der Waals surface area contributed by atoms with Crippen molar-refractivity contribution in [2.45, 2.75) is 19.4 Å². The zero-order valence-electron chi connectivity index (χ0n) is 19.0. The highest BCUT2D eigenvalue weighted by Gasteiger charge is 2.46. The van der Waals surface area contributed by atoms with E-state index in [4.69, 9.17) is 9.47 Å². The molecule has 174 valence electrons. The van der Waals surface area contributed by atoms with Gasteiger partial charge in [0, 0.05) is 30.9 Å². The van der Waals surface area contributed by atoms with Crippen LogP contribution in [0.4, 0.5) is 0 Å². The van der Waals surface area contributed by atoms with E-state index in [-0.39, 0.29) is 11.3 Å². The first-order valence-electron chi connectivity index (χ1n) is 11.3. The summed E-state index contributed by atoms with van der Waals surface area (Å²) in [4.78, 5) is 33.3. The van der Waals surface area contributed by atoms with E-state index in [0.29, 0.717) is 17.9 Å². The molecule has 8 nitrogen and oxygen atoms in total. The summed E-state index contributed by atoms with van der Waals surface area (Å²) in [5.41, 5.74) is 2.11. The lowest BCUT2D eigenvalue weighted by Gasteiger charge is -2.27. The highest BCUT2D eigenvalue weighted by atomic mass is 16.5. The molecule has 2 aromatic rings.